The van der Waals surface area contributed by atoms with Crippen LogP contribution in [0.4, 0.5) is 0 Å². The van der Waals surface area contributed by atoms with Gasteiger partial charge in [-0.2, -0.15) is 0 Å². The Morgan fingerprint density at radius 1 is 1.19 bits per heavy atom. The van der Waals surface area contributed by atoms with Crippen LogP contribution < -0.4 is 0 Å². The van der Waals surface area contributed by atoms with E-state index in [2.05, 4.69) is 36.2 Å². The highest BCUT2D eigenvalue weighted by atomic mass is 15.2. The molecule has 1 aromatic carbocycles. The van der Waals surface area contributed by atoms with Gasteiger partial charge in [-0.25, -0.2) is 0 Å². The minimum absolute atomic E-state index is 0.871. The third kappa shape index (κ3) is 1.05. The van der Waals surface area contributed by atoms with Gasteiger partial charge in [0.05, 0.1) is 0 Å². The molecule has 0 aromatic heterocycles. The summed E-state index contributed by atoms with van der Waals surface area (Å²) in [6.07, 6.45) is 5.63. The van der Waals surface area contributed by atoms with Gasteiger partial charge in [-0.3, -0.25) is 0 Å². The lowest BCUT2D eigenvalue weighted by atomic mass is 9.81. The Morgan fingerprint density at radius 2 is 2.06 bits per heavy atom. The maximum atomic E-state index is 2.67. The molecular weight excluding hydrogens is 194 g/mol. The van der Waals surface area contributed by atoms with Crippen molar-refractivity contribution < 1.29 is 0 Å². The smallest absolute Gasteiger partial charge is 0.0133 e. The van der Waals surface area contributed by atoms with E-state index in [9.17, 15) is 0 Å². The van der Waals surface area contributed by atoms with E-state index in [1.165, 1.54) is 25.7 Å². The largest absolute Gasteiger partial charge is 0.300 e. The van der Waals surface area contributed by atoms with Gasteiger partial charge in [0.1, 0.15) is 0 Å². The van der Waals surface area contributed by atoms with Crippen LogP contribution in [0.3, 0.4) is 0 Å². The molecule has 3 aliphatic rings. The number of hydrogen-bond acceptors (Lipinski definition) is 1. The standard InChI is InChI=1S/C15H19N/c1-16-11-6-7-15(16)14-8-10-4-2-3-5-12(10)13(14)9-11/h2-5,11,13-15H,6-9H2,1H3. The molecule has 1 aliphatic carbocycles. The summed E-state index contributed by atoms with van der Waals surface area (Å²) in [6.45, 7) is 0. The van der Waals surface area contributed by atoms with E-state index in [-0.39, 0.29) is 0 Å². The Balaban J connectivity index is 1.77. The third-order valence-electron chi connectivity index (χ3n) is 5.34. The molecule has 4 unspecified atom stereocenters. The summed E-state index contributed by atoms with van der Waals surface area (Å²) in [5, 5.41) is 0. The lowest BCUT2D eigenvalue weighted by Crippen LogP contribution is -2.44. The van der Waals surface area contributed by atoms with Crippen molar-refractivity contribution in [2.24, 2.45) is 5.92 Å². The lowest BCUT2D eigenvalue weighted by molar-refractivity contribution is 0.109. The van der Waals surface area contributed by atoms with Crippen LogP contribution in [-0.4, -0.2) is 24.0 Å². The Labute approximate surface area is 97.5 Å². The van der Waals surface area contributed by atoms with E-state index in [1.807, 2.05) is 0 Å². The predicted octanol–water partition coefficient (Wildman–Crippen LogP) is 2.81. The molecule has 1 aromatic rings. The minimum Gasteiger partial charge on any atom is -0.300 e. The molecule has 0 spiro atoms. The quantitative estimate of drug-likeness (QED) is 0.640. The monoisotopic (exact) mass is 213 g/mol. The van der Waals surface area contributed by atoms with E-state index in [0.29, 0.717) is 0 Å². The van der Waals surface area contributed by atoms with E-state index in [0.717, 1.165) is 23.9 Å². The molecule has 2 heterocycles. The molecule has 2 bridgehead atoms. The first kappa shape index (κ1) is 9.23. The van der Waals surface area contributed by atoms with Crippen LogP contribution in [0.5, 0.6) is 0 Å². The fourth-order valence-electron chi connectivity index (χ4n) is 4.55. The zero-order chi connectivity index (χ0) is 10.7. The van der Waals surface area contributed by atoms with E-state index >= 15 is 0 Å². The summed E-state index contributed by atoms with van der Waals surface area (Å²) in [4.78, 5) is 2.67. The van der Waals surface area contributed by atoms with Gasteiger partial charge < -0.3 is 4.90 Å². The molecule has 2 fully saturated rings. The molecule has 0 N–H and O–H groups in total. The molecule has 0 saturated carbocycles. The molecule has 1 nitrogen and oxygen atoms in total. The number of nitrogens with zero attached hydrogens (tertiary/aromatic N) is 1. The van der Waals surface area contributed by atoms with Crippen molar-refractivity contribution in [3.8, 4) is 0 Å². The number of fused-ring (bicyclic) bond motifs is 6. The summed E-state index contributed by atoms with van der Waals surface area (Å²) < 4.78 is 0. The highest BCUT2D eigenvalue weighted by molar-refractivity contribution is 5.38. The van der Waals surface area contributed by atoms with Crippen LogP contribution in [0.2, 0.25) is 0 Å². The van der Waals surface area contributed by atoms with Crippen LogP contribution in [-0.2, 0) is 6.42 Å². The maximum absolute atomic E-state index is 2.67. The van der Waals surface area contributed by atoms with Gasteiger partial charge in [0.15, 0.2) is 0 Å². The van der Waals surface area contributed by atoms with Gasteiger partial charge in [-0.05, 0) is 55.7 Å². The van der Waals surface area contributed by atoms with Gasteiger partial charge in [0.2, 0.25) is 0 Å². The van der Waals surface area contributed by atoms with Crippen molar-refractivity contribution in [1.29, 1.82) is 0 Å². The molecule has 2 saturated heterocycles. The Bertz CT molecular complexity index is 425. The second-order valence-electron chi connectivity index (χ2n) is 5.87. The Hall–Kier alpha value is -0.820. The summed E-state index contributed by atoms with van der Waals surface area (Å²) >= 11 is 0. The summed E-state index contributed by atoms with van der Waals surface area (Å²) in [5.74, 6) is 1.80. The normalized spacial score (nSPS) is 40.8. The van der Waals surface area contributed by atoms with Gasteiger partial charge in [0, 0.05) is 12.1 Å². The third-order valence-corrected chi connectivity index (χ3v) is 5.34. The molecule has 1 heteroatoms. The number of hydrogen-bond donors (Lipinski definition) is 0. The minimum atomic E-state index is 0.871. The summed E-state index contributed by atoms with van der Waals surface area (Å²) in [7, 11) is 2.35. The summed E-state index contributed by atoms with van der Waals surface area (Å²) in [5.41, 5.74) is 3.32. The fourth-order valence-corrected chi connectivity index (χ4v) is 4.55. The van der Waals surface area contributed by atoms with E-state index in [4.69, 9.17) is 0 Å². The molecule has 16 heavy (non-hydrogen) atoms. The zero-order valence-corrected chi connectivity index (χ0v) is 9.89. The molecule has 4 rings (SSSR count). The van der Waals surface area contributed by atoms with Crippen LogP contribution in [0.15, 0.2) is 24.3 Å². The van der Waals surface area contributed by atoms with Crippen molar-refractivity contribution in [3.05, 3.63) is 35.4 Å². The molecule has 0 amide bonds. The first-order valence-corrected chi connectivity index (χ1v) is 6.64. The van der Waals surface area contributed by atoms with Crippen molar-refractivity contribution in [3.63, 3.8) is 0 Å². The van der Waals surface area contributed by atoms with Crippen LogP contribution >= 0.6 is 0 Å². The van der Waals surface area contributed by atoms with Crippen LogP contribution in [0.25, 0.3) is 0 Å². The number of piperidine rings is 1. The topological polar surface area (TPSA) is 3.24 Å². The van der Waals surface area contributed by atoms with Crippen molar-refractivity contribution >= 4 is 0 Å². The highest BCUT2D eigenvalue weighted by Crippen LogP contribution is 2.51. The van der Waals surface area contributed by atoms with Gasteiger partial charge in [0.25, 0.3) is 0 Å². The van der Waals surface area contributed by atoms with Crippen LogP contribution in [0, 0.1) is 5.92 Å². The Kier molecular flexibility index (Phi) is 1.79. The number of rotatable bonds is 0. The molecule has 4 atom stereocenters. The first-order chi connectivity index (χ1) is 7.84. The average molecular weight is 213 g/mol. The van der Waals surface area contributed by atoms with Gasteiger partial charge in [-0.15, -0.1) is 0 Å². The molecular formula is C15H19N. The Morgan fingerprint density at radius 3 is 3.00 bits per heavy atom. The average Bonchev–Trinajstić information content (AvgIpc) is 2.77. The van der Waals surface area contributed by atoms with Crippen LogP contribution in [0.1, 0.15) is 36.3 Å². The molecule has 84 valence electrons. The number of benzene rings is 1. The second-order valence-corrected chi connectivity index (χ2v) is 5.87. The molecule has 2 aliphatic heterocycles. The lowest BCUT2D eigenvalue weighted by Gasteiger charge is -2.40. The van der Waals surface area contributed by atoms with Gasteiger partial charge >= 0.3 is 0 Å². The predicted molar refractivity (Wildman–Crippen MR) is 65.6 cm³/mol. The molecule has 0 radical (unpaired) electrons. The van der Waals surface area contributed by atoms with Gasteiger partial charge in [-0.1, -0.05) is 24.3 Å². The van der Waals surface area contributed by atoms with Crippen molar-refractivity contribution in [2.45, 2.75) is 43.7 Å². The maximum Gasteiger partial charge on any atom is 0.0133 e. The van der Waals surface area contributed by atoms with Crippen molar-refractivity contribution in [1.82, 2.24) is 4.90 Å². The highest BCUT2D eigenvalue weighted by Gasteiger charge is 2.48. The SMILES string of the molecule is CN1C2CCC1C1Cc3ccccc3C1C2. The fraction of sp³-hybridized carbons (Fsp3) is 0.600. The van der Waals surface area contributed by atoms with E-state index < -0.39 is 0 Å². The van der Waals surface area contributed by atoms with E-state index in [1.54, 1.807) is 11.1 Å². The zero-order valence-electron chi connectivity index (χ0n) is 9.89. The first-order valence-electron chi connectivity index (χ1n) is 6.64. The summed E-state index contributed by atoms with van der Waals surface area (Å²) in [6, 6.07) is 10.9. The van der Waals surface area contributed by atoms with Crippen molar-refractivity contribution in [2.75, 3.05) is 7.05 Å². The second kappa shape index (κ2) is 3.10.